The summed E-state index contributed by atoms with van der Waals surface area (Å²) in [7, 11) is 0. The van der Waals surface area contributed by atoms with E-state index in [-0.39, 0.29) is 5.91 Å². The van der Waals surface area contributed by atoms with Gasteiger partial charge in [0.25, 0.3) is 5.91 Å². The molecule has 0 radical (unpaired) electrons. The Morgan fingerprint density at radius 2 is 1.86 bits per heavy atom. The van der Waals surface area contributed by atoms with Crippen LogP contribution in [0.5, 0.6) is 0 Å². The fourth-order valence-electron chi connectivity index (χ4n) is 2.36. The smallest absolute Gasteiger partial charge is 0.355 e. The van der Waals surface area contributed by atoms with Crippen LogP contribution in [0.1, 0.15) is 44.6 Å². The van der Waals surface area contributed by atoms with Gasteiger partial charge < -0.3 is 15.0 Å². The van der Waals surface area contributed by atoms with Crippen molar-refractivity contribution in [3.63, 3.8) is 0 Å². The summed E-state index contributed by atoms with van der Waals surface area (Å²) in [5.74, 6) is -0.643. The van der Waals surface area contributed by atoms with Crippen LogP contribution in [-0.2, 0) is 11.3 Å². The van der Waals surface area contributed by atoms with Gasteiger partial charge in [0.2, 0.25) is 0 Å². The van der Waals surface area contributed by atoms with Crippen molar-refractivity contribution in [3.05, 3.63) is 58.4 Å². The molecule has 0 aliphatic rings. The van der Waals surface area contributed by atoms with E-state index in [1.165, 1.54) is 0 Å². The van der Waals surface area contributed by atoms with Crippen LogP contribution < -0.4 is 5.32 Å². The molecule has 1 amide bonds. The highest BCUT2D eigenvalue weighted by atomic mass is 16.5. The second kappa shape index (κ2) is 6.93. The Morgan fingerprint density at radius 1 is 1.18 bits per heavy atom. The van der Waals surface area contributed by atoms with Gasteiger partial charge in [-0.05, 0) is 31.9 Å². The van der Waals surface area contributed by atoms with Gasteiger partial charge in [0.05, 0.1) is 12.2 Å². The lowest BCUT2D eigenvalue weighted by Crippen LogP contribution is -2.24. The second-order valence-electron chi connectivity index (χ2n) is 5.01. The Bertz CT molecular complexity index is 675. The Balaban J connectivity index is 2.14. The number of rotatable bonds is 5. The molecule has 0 spiro atoms. The van der Waals surface area contributed by atoms with Crippen molar-refractivity contribution < 1.29 is 14.3 Å². The first kappa shape index (κ1) is 15.8. The van der Waals surface area contributed by atoms with Crippen LogP contribution in [-0.4, -0.2) is 23.5 Å². The van der Waals surface area contributed by atoms with Crippen LogP contribution in [0.15, 0.2) is 30.3 Å². The van der Waals surface area contributed by atoms with Crippen LogP contribution in [0.25, 0.3) is 0 Å². The van der Waals surface area contributed by atoms with E-state index in [2.05, 4.69) is 10.3 Å². The van der Waals surface area contributed by atoms with E-state index in [1.54, 1.807) is 20.8 Å². The first-order chi connectivity index (χ1) is 10.5. The van der Waals surface area contributed by atoms with Gasteiger partial charge >= 0.3 is 5.97 Å². The summed E-state index contributed by atoms with van der Waals surface area (Å²) in [6.07, 6.45) is 0. The topological polar surface area (TPSA) is 71.2 Å². The molecule has 0 saturated heterocycles. The van der Waals surface area contributed by atoms with E-state index in [0.717, 1.165) is 5.56 Å². The number of H-pyrrole nitrogens is 1. The van der Waals surface area contributed by atoms with E-state index < -0.39 is 5.97 Å². The summed E-state index contributed by atoms with van der Waals surface area (Å²) in [5.41, 5.74) is 3.13. The van der Waals surface area contributed by atoms with Crippen molar-refractivity contribution in [2.75, 3.05) is 6.61 Å². The number of aryl methyl sites for hydroxylation is 1. The van der Waals surface area contributed by atoms with E-state index in [1.807, 2.05) is 30.3 Å². The van der Waals surface area contributed by atoms with Crippen LogP contribution >= 0.6 is 0 Å². The maximum Gasteiger partial charge on any atom is 0.355 e. The number of nitrogens with one attached hydrogen (secondary N) is 2. The highest BCUT2D eigenvalue weighted by Gasteiger charge is 2.22. The van der Waals surface area contributed by atoms with E-state index in [0.29, 0.717) is 35.7 Å². The van der Waals surface area contributed by atoms with Crippen molar-refractivity contribution in [3.8, 4) is 0 Å². The normalized spacial score (nSPS) is 10.3. The summed E-state index contributed by atoms with van der Waals surface area (Å²) in [5, 5.41) is 2.87. The van der Waals surface area contributed by atoms with Crippen LogP contribution in [0.2, 0.25) is 0 Å². The van der Waals surface area contributed by atoms with Gasteiger partial charge in [-0.3, -0.25) is 4.79 Å². The maximum absolute atomic E-state index is 12.4. The van der Waals surface area contributed by atoms with Gasteiger partial charge in [0.15, 0.2) is 0 Å². The molecule has 2 rings (SSSR count). The fourth-order valence-corrected chi connectivity index (χ4v) is 2.36. The molecule has 0 aliphatic heterocycles. The predicted molar refractivity (Wildman–Crippen MR) is 83.8 cm³/mol. The predicted octanol–water partition coefficient (Wildman–Crippen LogP) is 2.74. The van der Waals surface area contributed by atoms with Crippen molar-refractivity contribution in [2.45, 2.75) is 27.3 Å². The summed E-state index contributed by atoms with van der Waals surface area (Å²) >= 11 is 0. The third-order valence-corrected chi connectivity index (χ3v) is 3.44. The third kappa shape index (κ3) is 3.36. The van der Waals surface area contributed by atoms with Crippen LogP contribution in [0.3, 0.4) is 0 Å². The van der Waals surface area contributed by atoms with Crippen LogP contribution in [0, 0.1) is 13.8 Å². The average Bonchev–Trinajstić information content (AvgIpc) is 2.81. The molecule has 0 saturated carbocycles. The number of ether oxygens (including phenoxy) is 1. The Hall–Kier alpha value is -2.56. The Labute approximate surface area is 129 Å². The second-order valence-corrected chi connectivity index (χ2v) is 5.01. The number of amides is 1. The molecule has 0 atom stereocenters. The highest BCUT2D eigenvalue weighted by Crippen LogP contribution is 2.19. The zero-order valence-corrected chi connectivity index (χ0v) is 13.0. The lowest BCUT2D eigenvalue weighted by molar-refractivity contribution is 0.0519. The molecule has 2 aromatic rings. The quantitative estimate of drug-likeness (QED) is 0.834. The van der Waals surface area contributed by atoms with E-state index >= 15 is 0 Å². The number of carbonyl (C=O) groups excluding carboxylic acids is 2. The molecule has 1 heterocycles. The number of benzene rings is 1. The first-order valence-electron chi connectivity index (χ1n) is 7.23. The monoisotopic (exact) mass is 300 g/mol. The number of aromatic amines is 1. The van der Waals surface area contributed by atoms with Gasteiger partial charge in [-0.1, -0.05) is 30.3 Å². The minimum Gasteiger partial charge on any atom is -0.461 e. The number of aromatic nitrogens is 1. The number of hydrogen-bond acceptors (Lipinski definition) is 3. The van der Waals surface area contributed by atoms with E-state index in [9.17, 15) is 9.59 Å². The molecule has 1 aromatic carbocycles. The van der Waals surface area contributed by atoms with Crippen molar-refractivity contribution in [2.24, 2.45) is 0 Å². The van der Waals surface area contributed by atoms with Gasteiger partial charge in [0, 0.05) is 12.2 Å². The molecule has 116 valence electrons. The number of hydrogen-bond donors (Lipinski definition) is 2. The van der Waals surface area contributed by atoms with Gasteiger partial charge in [-0.15, -0.1) is 0 Å². The van der Waals surface area contributed by atoms with Gasteiger partial charge in [-0.25, -0.2) is 4.79 Å². The Morgan fingerprint density at radius 3 is 2.50 bits per heavy atom. The molecule has 22 heavy (non-hydrogen) atoms. The SMILES string of the molecule is CCOC(=O)c1[nH]c(C)c(C(=O)NCc2ccccc2)c1C. The van der Waals surface area contributed by atoms with Crippen molar-refractivity contribution >= 4 is 11.9 Å². The molecule has 1 aromatic heterocycles. The molecule has 0 aliphatic carbocycles. The molecule has 0 unspecified atom stereocenters. The van der Waals surface area contributed by atoms with Crippen molar-refractivity contribution in [1.29, 1.82) is 0 Å². The lowest BCUT2D eigenvalue weighted by atomic mass is 10.1. The van der Waals surface area contributed by atoms with Crippen molar-refractivity contribution in [1.82, 2.24) is 10.3 Å². The molecular formula is C17H20N2O3. The van der Waals surface area contributed by atoms with Gasteiger partial charge in [0.1, 0.15) is 5.69 Å². The minimum atomic E-state index is -0.440. The molecular weight excluding hydrogens is 280 g/mol. The zero-order chi connectivity index (χ0) is 16.1. The number of carbonyl (C=O) groups is 2. The minimum absolute atomic E-state index is 0.203. The maximum atomic E-state index is 12.4. The fraction of sp³-hybridized carbons (Fsp3) is 0.294. The zero-order valence-electron chi connectivity index (χ0n) is 13.0. The molecule has 0 bridgehead atoms. The molecule has 0 fully saturated rings. The standard InChI is InChI=1S/C17H20N2O3/c1-4-22-17(21)15-11(2)14(12(3)19-15)16(20)18-10-13-8-6-5-7-9-13/h5-9,19H,4,10H2,1-3H3,(H,18,20). The largest absolute Gasteiger partial charge is 0.461 e. The average molecular weight is 300 g/mol. The third-order valence-electron chi connectivity index (χ3n) is 3.44. The summed E-state index contributed by atoms with van der Waals surface area (Å²) in [4.78, 5) is 27.2. The molecule has 5 heteroatoms. The van der Waals surface area contributed by atoms with Crippen LogP contribution in [0.4, 0.5) is 0 Å². The van der Waals surface area contributed by atoms with Gasteiger partial charge in [-0.2, -0.15) is 0 Å². The number of esters is 1. The van der Waals surface area contributed by atoms with E-state index in [4.69, 9.17) is 4.74 Å². The molecule has 5 nitrogen and oxygen atoms in total. The first-order valence-corrected chi connectivity index (χ1v) is 7.23. The Kier molecular flexibility index (Phi) is 4.99. The highest BCUT2D eigenvalue weighted by molar-refractivity contribution is 6.01. The summed E-state index contributed by atoms with van der Waals surface area (Å²) in [6, 6.07) is 9.67. The summed E-state index contributed by atoms with van der Waals surface area (Å²) in [6.45, 7) is 6.00. The lowest BCUT2D eigenvalue weighted by Gasteiger charge is -2.06. The summed E-state index contributed by atoms with van der Waals surface area (Å²) < 4.78 is 4.98. The molecule has 2 N–H and O–H groups in total.